The van der Waals surface area contributed by atoms with Crippen LogP contribution in [-0.2, 0) is 6.54 Å². The van der Waals surface area contributed by atoms with E-state index in [9.17, 15) is 9.90 Å². The number of fused-ring (bicyclic) bond motifs is 2. The van der Waals surface area contributed by atoms with Gasteiger partial charge in [-0.25, -0.2) is 4.98 Å². The van der Waals surface area contributed by atoms with E-state index in [1.54, 1.807) is 30.5 Å². The highest BCUT2D eigenvalue weighted by Gasteiger charge is 2.32. The Morgan fingerprint density at radius 3 is 2.93 bits per heavy atom. The average molecular weight is 388 g/mol. The summed E-state index contributed by atoms with van der Waals surface area (Å²) < 4.78 is 5.41. The van der Waals surface area contributed by atoms with Gasteiger partial charge >= 0.3 is 0 Å². The highest BCUT2D eigenvalue weighted by atomic mass is 16.5. The van der Waals surface area contributed by atoms with Crippen molar-refractivity contribution in [1.82, 2.24) is 19.9 Å². The predicted octanol–water partition coefficient (Wildman–Crippen LogP) is 3.39. The Bertz CT molecular complexity index is 1210. The summed E-state index contributed by atoms with van der Waals surface area (Å²) >= 11 is 0. The van der Waals surface area contributed by atoms with E-state index in [1.165, 1.54) is 0 Å². The third-order valence-corrected chi connectivity index (χ3v) is 5.47. The molecule has 0 saturated carbocycles. The van der Waals surface area contributed by atoms with Crippen LogP contribution in [0.1, 0.15) is 33.4 Å². The van der Waals surface area contributed by atoms with Gasteiger partial charge < -0.3 is 24.7 Å². The lowest BCUT2D eigenvalue weighted by molar-refractivity contribution is 0.0717. The molecule has 1 aliphatic rings. The van der Waals surface area contributed by atoms with Crippen LogP contribution in [-0.4, -0.2) is 44.5 Å². The fourth-order valence-corrected chi connectivity index (χ4v) is 4.07. The molecule has 29 heavy (non-hydrogen) atoms. The smallest absolute Gasteiger partial charge is 0.270 e. The molecule has 1 aliphatic heterocycles. The maximum absolute atomic E-state index is 13.3. The summed E-state index contributed by atoms with van der Waals surface area (Å²) in [5, 5.41) is 10.8. The zero-order valence-electron chi connectivity index (χ0n) is 15.8. The van der Waals surface area contributed by atoms with Gasteiger partial charge in [0.25, 0.3) is 5.91 Å². The molecule has 3 N–H and O–H groups in total. The molecule has 0 saturated heterocycles. The summed E-state index contributed by atoms with van der Waals surface area (Å²) in [6, 6.07) is 14.6. The molecule has 0 fully saturated rings. The molecule has 0 aliphatic carbocycles. The molecule has 0 spiro atoms. The molecule has 146 valence electrons. The van der Waals surface area contributed by atoms with Gasteiger partial charge in [-0.2, -0.15) is 0 Å². The first-order valence-electron chi connectivity index (χ1n) is 9.40. The van der Waals surface area contributed by atoms with Crippen molar-refractivity contribution in [3.63, 3.8) is 0 Å². The second-order valence-corrected chi connectivity index (χ2v) is 7.20. The Labute approximate surface area is 167 Å². The zero-order chi connectivity index (χ0) is 20.0. The maximum Gasteiger partial charge on any atom is 0.270 e. The standard InChI is InChI=1S/C22H20N4O3/c1-29-20-7-3-6-17-15(20)9-18(25-17)22(28)26-10-16(13-4-2-5-14(27)8-13)21-19(11-26)23-12-24-21/h2-9,12,16,25,27H,10-11H2,1H3,(H,23,24). The van der Waals surface area contributed by atoms with Crippen LogP contribution in [0.3, 0.4) is 0 Å². The molecule has 0 radical (unpaired) electrons. The molecule has 2 aromatic carbocycles. The summed E-state index contributed by atoms with van der Waals surface area (Å²) in [6.07, 6.45) is 1.66. The highest BCUT2D eigenvalue weighted by molar-refractivity contribution is 5.99. The van der Waals surface area contributed by atoms with Crippen LogP contribution in [0.15, 0.2) is 54.9 Å². The topological polar surface area (TPSA) is 94.2 Å². The van der Waals surface area contributed by atoms with Gasteiger partial charge in [0, 0.05) is 23.4 Å². The number of amides is 1. The third kappa shape index (κ3) is 2.91. The van der Waals surface area contributed by atoms with E-state index < -0.39 is 0 Å². The van der Waals surface area contributed by atoms with Crippen molar-refractivity contribution in [2.24, 2.45) is 0 Å². The number of benzene rings is 2. The number of phenolic OH excluding ortho intramolecular Hbond substituents is 1. The molecule has 7 heteroatoms. The second-order valence-electron chi connectivity index (χ2n) is 7.20. The fourth-order valence-electron chi connectivity index (χ4n) is 4.07. The van der Waals surface area contributed by atoms with E-state index in [4.69, 9.17) is 4.74 Å². The summed E-state index contributed by atoms with van der Waals surface area (Å²) in [4.78, 5) is 25.9. The number of carbonyl (C=O) groups excluding carboxylic acids is 1. The molecule has 1 amide bonds. The SMILES string of the molecule is COc1cccc2[nH]c(C(=O)N3Cc4[nH]cnc4C(c4cccc(O)c4)C3)cc12. The molecule has 0 bridgehead atoms. The number of H-pyrrole nitrogens is 2. The quantitative estimate of drug-likeness (QED) is 0.501. The van der Waals surface area contributed by atoms with Gasteiger partial charge in [-0.05, 0) is 35.9 Å². The maximum atomic E-state index is 13.3. The lowest BCUT2D eigenvalue weighted by atomic mass is 9.90. The summed E-state index contributed by atoms with van der Waals surface area (Å²) in [6.45, 7) is 0.933. The van der Waals surface area contributed by atoms with Gasteiger partial charge in [0.15, 0.2) is 0 Å². The van der Waals surface area contributed by atoms with E-state index in [2.05, 4.69) is 15.0 Å². The summed E-state index contributed by atoms with van der Waals surface area (Å²) in [5.41, 5.74) is 4.12. The largest absolute Gasteiger partial charge is 0.508 e. The van der Waals surface area contributed by atoms with Crippen LogP contribution in [0, 0.1) is 0 Å². The van der Waals surface area contributed by atoms with Crippen LogP contribution in [0.25, 0.3) is 10.9 Å². The first-order chi connectivity index (χ1) is 14.1. The first-order valence-corrected chi connectivity index (χ1v) is 9.40. The molecular formula is C22H20N4O3. The summed E-state index contributed by atoms with van der Waals surface area (Å²) in [5.74, 6) is 0.726. The van der Waals surface area contributed by atoms with E-state index in [1.807, 2.05) is 36.4 Å². The van der Waals surface area contributed by atoms with Gasteiger partial charge in [0.1, 0.15) is 17.2 Å². The lowest BCUT2D eigenvalue weighted by Gasteiger charge is -2.32. The number of nitrogens with zero attached hydrogens (tertiary/aromatic N) is 2. The van der Waals surface area contributed by atoms with Crippen LogP contribution in [0.2, 0.25) is 0 Å². The minimum absolute atomic E-state index is 0.0892. The van der Waals surface area contributed by atoms with Gasteiger partial charge in [-0.1, -0.05) is 18.2 Å². The first kappa shape index (κ1) is 17.4. The molecular weight excluding hydrogens is 368 g/mol. The number of aromatic nitrogens is 3. The van der Waals surface area contributed by atoms with Crippen molar-refractivity contribution >= 4 is 16.8 Å². The monoisotopic (exact) mass is 388 g/mol. The lowest BCUT2D eigenvalue weighted by Crippen LogP contribution is -2.38. The minimum Gasteiger partial charge on any atom is -0.508 e. The Morgan fingerprint density at radius 1 is 1.24 bits per heavy atom. The van der Waals surface area contributed by atoms with Gasteiger partial charge in [0.2, 0.25) is 0 Å². The van der Waals surface area contributed by atoms with Crippen molar-refractivity contribution < 1.29 is 14.6 Å². The molecule has 1 unspecified atom stereocenters. The predicted molar refractivity (Wildman–Crippen MR) is 108 cm³/mol. The second kappa shape index (κ2) is 6.70. The number of methoxy groups -OCH3 is 1. The van der Waals surface area contributed by atoms with E-state index in [-0.39, 0.29) is 17.6 Å². The zero-order valence-corrected chi connectivity index (χ0v) is 15.8. The Balaban J connectivity index is 1.51. The number of aromatic amines is 2. The third-order valence-electron chi connectivity index (χ3n) is 5.47. The summed E-state index contributed by atoms with van der Waals surface area (Å²) in [7, 11) is 1.62. The molecule has 7 nitrogen and oxygen atoms in total. The number of ether oxygens (including phenoxy) is 1. The number of nitrogens with one attached hydrogen (secondary N) is 2. The molecule has 4 aromatic rings. The number of hydrogen-bond donors (Lipinski definition) is 3. The van der Waals surface area contributed by atoms with Crippen LogP contribution >= 0.6 is 0 Å². The van der Waals surface area contributed by atoms with E-state index in [0.29, 0.717) is 18.8 Å². The fraction of sp³-hybridized carbons (Fsp3) is 0.182. The van der Waals surface area contributed by atoms with Crippen molar-refractivity contribution in [2.45, 2.75) is 12.5 Å². The molecule has 3 heterocycles. The normalized spacial score (nSPS) is 16.0. The number of hydrogen-bond acceptors (Lipinski definition) is 4. The van der Waals surface area contributed by atoms with Crippen LogP contribution in [0.4, 0.5) is 0 Å². The highest BCUT2D eigenvalue weighted by Crippen LogP contribution is 2.34. The molecule has 2 aromatic heterocycles. The van der Waals surface area contributed by atoms with Crippen LogP contribution < -0.4 is 4.74 Å². The van der Waals surface area contributed by atoms with Crippen LogP contribution in [0.5, 0.6) is 11.5 Å². The number of imidazole rings is 1. The van der Waals surface area contributed by atoms with E-state index >= 15 is 0 Å². The Kier molecular flexibility index (Phi) is 4.01. The average Bonchev–Trinajstić information content (AvgIpc) is 3.39. The number of rotatable bonds is 3. The number of aromatic hydroxyl groups is 1. The van der Waals surface area contributed by atoms with E-state index in [0.717, 1.165) is 33.6 Å². The Hall–Kier alpha value is -3.74. The van der Waals surface area contributed by atoms with Crippen molar-refractivity contribution in [3.8, 4) is 11.5 Å². The minimum atomic E-state index is -0.111. The van der Waals surface area contributed by atoms with Gasteiger partial charge in [0.05, 0.1) is 31.4 Å². The van der Waals surface area contributed by atoms with Crippen molar-refractivity contribution in [3.05, 3.63) is 77.5 Å². The molecule has 1 atom stereocenters. The van der Waals surface area contributed by atoms with Gasteiger partial charge in [-0.3, -0.25) is 4.79 Å². The van der Waals surface area contributed by atoms with Crippen molar-refractivity contribution in [2.75, 3.05) is 13.7 Å². The van der Waals surface area contributed by atoms with Crippen molar-refractivity contribution in [1.29, 1.82) is 0 Å². The number of carbonyl (C=O) groups is 1. The Morgan fingerprint density at radius 2 is 2.10 bits per heavy atom. The van der Waals surface area contributed by atoms with Gasteiger partial charge in [-0.15, -0.1) is 0 Å². The number of phenols is 1. The molecule has 5 rings (SSSR count).